The molecule has 0 atom stereocenters. The third-order valence-corrected chi connectivity index (χ3v) is 8.03. The van der Waals surface area contributed by atoms with Crippen LogP contribution in [0.5, 0.6) is 0 Å². The smallest absolute Gasteiger partial charge is 0.478 e. The van der Waals surface area contributed by atoms with Gasteiger partial charge in [-0.2, -0.15) is 13.2 Å². The molecule has 1 aliphatic rings. The number of halogens is 3. The number of hydrogen-bond donors (Lipinski definition) is 3. The van der Waals surface area contributed by atoms with E-state index in [2.05, 4.69) is 21.8 Å². The number of anilines is 2. The van der Waals surface area contributed by atoms with E-state index < -0.39 is 28.1 Å². The maximum absolute atomic E-state index is 13.1. The minimum atomic E-state index is -5.08. The first kappa shape index (κ1) is 31.4. The number of carbonyl (C=O) groups is 2. The lowest BCUT2D eigenvalue weighted by Crippen LogP contribution is -2.35. The highest BCUT2D eigenvalue weighted by molar-refractivity contribution is 7.92. The van der Waals surface area contributed by atoms with Crippen LogP contribution in [-0.2, 0) is 21.2 Å². The molecular weight excluding hydrogens is 563 g/mol. The molecule has 1 aliphatic heterocycles. The van der Waals surface area contributed by atoms with Crippen molar-refractivity contribution in [2.45, 2.75) is 44.2 Å². The molecule has 2 heterocycles. The number of aliphatic carboxylic acids is 1. The van der Waals surface area contributed by atoms with Crippen LogP contribution in [0.4, 0.5) is 24.7 Å². The number of piperidine rings is 1. The number of alkyl halides is 3. The largest absolute Gasteiger partial charge is 0.490 e. The summed E-state index contributed by atoms with van der Waals surface area (Å²) in [7, 11) is -3.92. The third-order valence-electron chi connectivity index (χ3n) is 6.67. The predicted molar refractivity (Wildman–Crippen MR) is 147 cm³/mol. The van der Waals surface area contributed by atoms with Crippen molar-refractivity contribution in [3.05, 3.63) is 83.0 Å². The van der Waals surface area contributed by atoms with Crippen LogP contribution in [0.1, 0.15) is 39.9 Å². The van der Waals surface area contributed by atoms with Crippen molar-refractivity contribution in [1.82, 2.24) is 4.98 Å². The number of pyridine rings is 1. The molecular formula is C28H30F3N3O6S. The second kappa shape index (κ2) is 13.0. The monoisotopic (exact) mass is 593 g/mol. The summed E-state index contributed by atoms with van der Waals surface area (Å²) >= 11 is 0. The van der Waals surface area contributed by atoms with Crippen LogP contribution < -0.4 is 9.62 Å². The molecule has 1 fully saturated rings. The maximum Gasteiger partial charge on any atom is 0.490 e. The lowest BCUT2D eigenvalue weighted by molar-refractivity contribution is -0.192. The number of aromatic carboxylic acids is 1. The Labute approximate surface area is 235 Å². The van der Waals surface area contributed by atoms with Gasteiger partial charge in [0.25, 0.3) is 10.0 Å². The number of nitrogens with one attached hydrogen (secondary N) is 1. The number of nitrogens with zero attached hydrogens (tertiary/aromatic N) is 2. The fourth-order valence-electron chi connectivity index (χ4n) is 4.28. The van der Waals surface area contributed by atoms with Gasteiger partial charge in [0.05, 0.1) is 16.1 Å². The second-order valence-corrected chi connectivity index (χ2v) is 11.4. The minimum absolute atomic E-state index is 0.0690. The molecule has 0 aliphatic carbocycles. The van der Waals surface area contributed by atoms with E-state index in [1.807, 2.05) is 36.9 Å². The molecule has 13 heteroatoms. The Morgan fingerprint density at radius 1 is 1.00 bits per heavy atom. The van der Waals surface area contributed by atoms with Crippen LogP contribution >= 0.6 is 0 Å². The van der Waals surface area contributed by atoms with Crippen LogP contribution in [0.15, 0.2) is 65.7 Å². The van der Waals surface area contributed by atoms with Crippen molar-refractivity contribution in [3.8, 4) is 0 Å². The van der Waals surface area contributed by atoms with Crippen molar-refractivity contribution in [1.29, 1.82) is 0 Å². The third kappa shape index (κ3) is 8.68. The standard InChI is InChI=1S/C26H29N3O4S.C2HF3O2/c1-18-8-9-23(14-19(18)2)34(32,33)28-24-16-22(26(30)31)17-27-25(24)29-12-10-21(11-13-29)15-20-6-4-3-5-7-20;3-2(4,5)1(6)7/h3-9,14,16-17,21,28H,10-13,15H2,1-2H3,(H,30,31);(H,6,7). The summed E-state index contributed by atoms with van der Waals surface area (Å²) < 4.78 is 60.6. The predicted octanol–water partition coefficient (Wildman–Crippen LogP) is 5.29. The molecule has 1 saturated heterocycles. The summed E-state index contributed by atoms with van der Waals surface area (Å²) in [5.74, 6) is -2.93. The highest BCUT2D eigenvalue weighted by Gasteiger charge is 2.38. The Morgan fingerprint density at radius 2 is 1.61 bits per heavy atom. The summed E-state index contributed by atoms with van der Waals surface area (Å²) in [4.78, 5) is 27.0. The van der Waals surface area contributed by atoms with Crippen LogP contribution in [-0.4, -0.2) is 54.8 Å². The molecule has 0 radical (unpaired) electrons. The van der Waals surface area contributed by atoms with E-state index in [9.17, 15) is 31.5 Å². The first-order valence-corrected chi connectivity index (χ1v) is 14.1. The first-order chi connectivity index (χ1) is 19.2. The van der Waals surface area contributed by atoms with Gasteiger partial charge in [-0.1, -0.05) is 36.4 Å². The Morgan fingerprint density at radius 3 is 2.15 bits per heavy atom. The SMILES string of the molecule is Cc1ccc(S(=O)(=O)Nc2cc(C(=O)O)cnc2N2CCC(Cc3ccccc3)CC2)cc1C.O=C(O)C(F)(F)F. The van der Waals surface area contributed by atoms with Gasteiger partial charge < -0.3 is 15.1 Å². The molecule has 0 unspecified atom stereocenters. The highest BCUT2D eigenvalue weighted by Crippen LogP contribution is 2.32. The molecule has 0 saturated carbocycles. The van der Waals surface area contributed by atoms with Crippen LogP contribution in [0.2, 0.25) is 0 Å². The number of aromatic nitrogens is 1. The van der Waals surface area contributed by atoms with Crippen molar-refractivity contribution in [3.63, 3.8) is 0 Å². The summed E-state index contributed by atoms with van der Waals surface area (Å²) in [6.07, 6.45) is -0.908. The quantitative estimate of drug-likeness (QED) is 0.336. The van der Waals surface area contributed by atoms with Crippen molar-refractivity contribution >= 4 is 33.5 Å². The number of aryl methyl sites for hydroxylation is 2. The molecule has 9 nitrogen and oxygen atoms in total. The Balaban J connectivity index is 0.000000587. The van der Waals surface area contributed by atoms with Gasteiger partial charge in [-0.25, -0.2) is 23.0 Å². The van der Waals surface area contributed by atoms with E-state index in [0.29, 0.717) is 11.7 Å². The average Bonchev–Trinajstić information content (AvgIpc) is 2.91. The summed E-state index contributed by atoms with van der Waals surface area (Å²) in [6, 6.07) is 16.6. The van der Waals surface area contributed by atoms with Crippen LogP contribution in [0.25, 0.3) is 0 Å². The highest BCUT2D eigenvalue weighted by atomic mass is 32.2. The molecule has 3 aromatic rings. The number of sulfonamides is 1. The normalized spacial score (nSPS) is 14.1. The van der Waals surface area contributed by atoms with E-state index in [1.54, 1.807) is 18.2 Å². The van der Waals surface area contributed by atoms with Gasteiger partial charge in [0.2, 0.25) is 0 Å². The number of benzene rings is 2. The molecule has 0 amide bonds. The van der Waals surface area contributed by atoms with Crippen LogP contribution in [0.3, 0.4) is 0 Å². The second-order valence-electron chi connectivity index (χ2n) is 9.67. The zero-order chi connectivity index (χ0) is 30.4. The van der Waals surface area contributed by atoms with Gasteiger partial charge in [-0.05, 0) is 73.9 Å². The Bertz CT molecular complexity index is 1490. The van der Waals surface area contributed by atoms with E-state index in [0.717, 1.165) is 43.5 Å². The molecule has 3 N–H and O–H groups in total. The number of hydrogen-bond acceptors (Lipinski definition) is 6. The first-order valence-electron chi connectivity index (χ1n) is 12.6. The van der Waals surface area contributed by atoms with Gasteiger partial charge >= 0.3 is 18.1 Å². The van der Waals surface area contributed by atoms with Crippen molar-refractivity contribution in [2.75, 3.05) is 22.7 Å². The van der Waals surface area contributed by atoms with Crippen molar-refractivity contribution in [2.24, 2.45) is 5.92 Å². The van der Waals surface area contributed by atoms with E-state index in [-0.39, 0.29) is 16.1 Å². The molecule has 1 aromatic heterocycles. The molecule has 0 bridgehead atoms. The van der Waals surface area contributed by atoms with Gasteiger partial charge in [-0.15, -0.1) is 0 Å². The lowest BCUT2D eigenvalue weighted by atomic mass is 9.90. The van der Waals surface area contributed by atoms with Crippen LogP contribution in [0, 0.1) is 19.8 Å². The summed E-state index contributed by atoms with van der Waals surface area (Å²) in [5.41, 5.74) is 3.28. The van der Waals surface area contributed by atoms with E-state index in [1.165, 1.54) is 17.8 Å². The topological polar surface area (TPSA) is 137 Å². The van der Waals surface area contributed by atoms with Gasteiger partial charge in [0, 0.05) is 19.3 Å². The van der Waals surface area contributed by atoms with E-state index >= 15 is 0 Å². The average molecular weight is 594 g/mol. The zero-order valence-electron chi connectivity index (χ0n) is 22.4. The fourth-order valence-corrected chi connectivity index (χ4v) is 5.42. The maximum atomic E-state index is 13.1. The van der Waals surface area contributed by atoms with E-state index in [4.69, 9.17) is 9.90 Å². The number of carboxylic acid groups (broad SMARTS) is 2. The summed E-state index contributed by atoms with van der Waals surface area (Å²) in [6.45, 7) is 5.20. The van der Waals surface area contributed by atoms with Gasteiger partial charge in [-0.3, -0.25) is 4.72 Å². The number of rotatable bonds is 7. The van der Waals surface area contributed by atoms with Crippen molar-refractivity contribution < 1.29 is 41.4 Å². The number of carboxylic acids is 2. The Kier molecular flexibility index (Phi) is 9.97. The molecule has 4 rings (SSSR count). The Hall–Kier alpha value is -4.13. The zero-order valence-corrected chi connectivity index (χ0v) is 23.2. The van der Waals surface area contributed by atoms with Gasteiger partial charge in [0.15, 0.2) is 5.82 Å². The summed E-state index contributed by atoms with van der Waals surface area (Å²) in [5, 5.41) is 16.6. The molecule has 220 valence electrons. The lowest BCUT2D eigenvalue weighted by Gasteiger charge is -2.34. The fraction of sp³-hybridized carbons (Fsp3) is 0.321. The van der Waals surface area contributed by atoms with Gasteiger partial charge in [0.1, 0.15) is 0 Å². The molecule has 0 spiro atoms. The molecule has 41 heavy (non-hydrogen) atoms. The minimum Gasteiger partial charge on any atom is -0.478 e. The molecule has 2 aromatic carbocycles.